The van der Waals surface area contributed by atoms with E-state index >= 15 is 0 Å². The summed E-state index contributed by atoms with van der Waals surface area (Å²) in [6.45, 7) is 6.17. The molecule has 2 aromatic heterocycles. The number of oxazole rings is 1. The Labute approximate surface area is 167 Å². The van der Waals surface area contributed by atoms with Crippen LogP contribution >= 0.6 is 0 Å². The van der Waals surface area contributed by atoms with Gasteiger partial charge < -0.3 is 9.73 Å². The maximum absolute atomic E-state index is 12.6. The zero-order valence-corrected chi connectivity index (χ0v) is 16.6. The lowest BCUT2D eigenvalue weighted by Gasteiger charge is -2.11. The van der Waals surface area contributed by atoms with Crippen LogP contribution in [0.3, 0.4) is 0 Å². The standard InChI is InChI=1S/C22H22N4O3/c1-14-10-15(2)12-17(11-14)26-20(13-16(3)24-26)23-21(27)8-9-25-18-6-4-5-7-19(18)29-22(25)28/h4-7,10-13H,8-9H2,1-3H3,(H,23,27). The number of aryl methyl sites for hydroxylation is 4. The van der Waals surface area contributed by atoms with Crippen molar-refractivity contribution in [1.82, 2.24) is 14.3 Å². The molecule has 0 fully saturated rings. The highest BCUT2D eigenvalue weighted by Gasteiger charge is 2.14. The van der Waals surface area contributed by atoms with Crippen molar-refractivity contribution in [2.75, 3.05) is 5.32 Å². The molecule has 1 amide bonds. The first-order chi connectivity index (χ1) is 13.9. The Morgan fingerprint density at radius 3 is 2.55 bits per heavy atom. The van der Waals surface area contributed by atoms with E-state index in [1.165, 1.54) is 4.57 Å². The molecule has 0 spiro atoms. The third-order valence-corrected chi connectivity index (χ3v) is 4.69. The Hall–Kier alpha value is -3.61. The maximum atomic E-state index is 12.6. The van der Waals surface area contributed by atoms with Gasteiger partial charge in [0.2, 0.25) is 5.91 Å². The van der Waals surface area contributed by atoms with Crippen LogP contribution in [-0.2, 0) is 11.3 Å². The van der Waals surface area contributed by atoms with Gasteiger partial charge in [-0.25, -0.2) is 9.48 Å². The predicted molar refractivity (Wildman–Crippen MR) is 111 cm³/mol. The van der Waals surface area contributed by atoms with Crippen LogP contribution in [0, 0.1) is 20.8 Å². The van der Waals surface area contributed by atoms with Crippen LogP contribution in [0.4, 0.5) is 5.82 Å². The van der Waals surface area contributed by atoms with Gasteiger partial charge >= 0.3 is 5.76 Å². The van der Waals surface area contributed by atoms with Crippen LogP contribution < -0.4 is 11.1 Å². The summed E-state index contributed by atoms with van der Waals surface area (Å²) in [4.78, 5) is 24.6. The summed E-state index contributed by atoms with van der Waals surface area (Å²) in [5.74, 6) is -0.0651. The van der Waals surface area contributed by atoms with E-state index in [-0.39, 0.29) is 18.9 Å². The van der Waals surface area contributed by atoms with Crippen molar-refractivity contribution < 1.29 is 9.21 Å². The van der Waals surface area contributed by atoms with E-state index in [0.29, 0.717) is 16.9 Å². The largest absolute Gasteiger partial charge is 0.419 e. The molecular formula is C22H22N4O3. The van der Waals surface area contributed by atoms with Gasteiger partial charge in [0.1, 0.15) is 5.82 Å². The lowest BCUT2D eigenvalue weighted by molar-refractivity contribution is -0.116. The topological polar surface area (TPSA) is 82.1 Å². The molecule has 4 aromatic rings. The highest BCUT2D eigenvalue weighted by molar-refractivity contribution is 5.90. The first kappa shape index (κ1) is 18.7. The van der Waals surface area contributed by atoms with Gasteiger partial charge in [0.05, 0.1) is 16.9 Å². The molecule has 7 heteroatoms. The SMILES string of the molecule is Cc1cc(C)cc(-n2nc(C)cc2NC(=O)CCn2c(=O)oc3ccccc32)c1. The number of fused-ring (bicyclic) bond motifs is 1. The second-order valence-corrected chi connectivity index (χ2v) is 7.21. The minimum absolute atomic E-state index is 0.139. The first-order valence-corrected chi connectivity index (χ1v) is 9.44. The van der Waals surface area contributed by atoms with Gasteiger partial charge in [0, 0.05) is 19.0 Å². The van der Waals surface area contributed by atoms with Gasteiger partial charge in [-0.1, -0.05) is 18.2 Å². The number of nitrogens with zero attached hydrogens (tertiary/aromatic N) is 3. The number of hydrogen-bond acceptors (Lipinski definition) is 4. The van der Waals surface area contributed by atoms with Gasteiger partial charge in [-0.15, -0.1) is 0 Å². The Balaban J connectivity index is 1.53. The van der Waals surface area contributed by atoms with E-state index in [0.717, 1.165) is 22.5 Å². The number of rotatable bonds is 5. The van der Waals surface area contributed by atoms with Gasteiger partial charge in [-0.2, -0.15) is 5.10 Å². The summed E-state index contributed by atoms with van der Waals surface area (Å²) >= 11 is 0. The lowest BCUT2D eigenvalue weighted by atomic mass is 10.1. The summed E-state index contributed by atoms with van der Waals surface area (Å²) in [7, 11) is 0. The van der Waals surface area contributed by atoms with Crippen molar-refractivity contribution in [2.24, 2.45) is 0 Å². The molecule has 0 aliphatic heterocycles. The van der Waals surface area contributed by atoms with Crippen LogP contribution in [0.1, 0.15) is 23.2 Å². The molecule has 0 saturated carbocycles. The summed E-state index contributed by atoms with van der Waals surface area (Å²) in [5, 5.41) is 7.43. The zero-order chi connectivity index (χ0) is 20.5. The van der Waals surface area contributed by atoms with Crippen molar-refractivity contribution in [2.45, 2.75) is 33.7 Å². The molecule has 0 aliphatic rings. The number of para-hydroxylation sites is 2. The Kier molecular flexibility index (Phi) is 4.80. The fraction of sp³-hybridized carbons (Fsp3) is 0.227. The average molecular weight is 390 g/mol. The van der Waals surface area contributed by atoms with Crippen LogP contribution in [0.2, 0.25) is 0 Å². The van der Waals surface area contributed by atoms with Crippen molar-refractivity contribution >= 4 is 22.8 Å². The molecule has 0 bridgehead atoms. The maximum Gasteiger partial charge on any atom is 0.419 e. The number of hydrogen-bond donors (Lipinski definition) is 1. The van der Waals surface area contributed by atoms with Gasteiger partial charge in [0.15, 0.2) is 5.58 Å². The number of aromatic nitrogens is 3. The quantitative estimate of drug-likeness (QED) is 0.563. The fourth-order valence-electron chi connectivity index (χ4n) is 3.50. The van der Waals surface area contributed by atoms with E-state index in [1.54, 1.807) is 22.9 Å². The molecule has 0 atom stereocenters. The van der Waals surface area contributed by atoms with Gasteiger partial charge in [-0.3, -0.25) is 9.36 Å². The van der Waals surface area contributed by atoms with Gasteiger partial charge in [0.25, 0.3) is 0 Å². The molecule has 148 valence electrons. The third kappa shape index (κ3) is 3.85. The van der Waals surface area contributed by atoms with Crippen molar-refractivity contribution in [3.05, 3.63) is 75.9 Å². The van der Waals surface area contributed by atoms with E-state index in [4.69, 9.17) is 4.42 Å². The highest BCUT2D eigenvalue weighted by atomic mass is 16.4. The second-order valence-electron chi connectivity index (χ2n) is 7.21. The fourth-order valence-corrected chi connectivity index (χ4v) is 3.50. The van der Waals surface area contributed by atoms with Crippen LogP contribution in [-0.4, -0.2) is 20.3 Å². The number of carbonyl (C=O) groups is 1. The first-order valence-electron chi connectivity index (χ1n) is 9.44. The highest BCUT2D eigenvalue weighted by Crippen LogP contribution is 2.20. The molecule has 1 N–H and O–H groups in total. The van der Waals surface area contributed by atoms with E-state index in [2.05, 4.69) is 16.5 Å². The van der Waals surface area contributed by atoms with Crippen LogP contribution in [0.25, 0.3) is 16.8 Å². The molecule has 0 aliphatic carbocycles. The predicted octanol–water partition coefficient (Wildman–Crippen LogP) is 3.73. The smallest absolute Gasteiger partial charge is 0.408 e. The van der Waals surface area contributed by atoms with Crippen molar-refractivity contribution in [3.63, 3.8) is 0 Å². The monoisotopic (exact) mass is 390 g/mol. The number of amides is 1. The minimum Gasteiger partial charge on any atom is -0.408 e. The molecule has 2 heterocycles. The third-order valence-electron chi connectivity index (χ3n) is 4.69. The molecule has 7 nitrogen and oxygen atoms in total. The average Bonchev–Trinajstić information content (AvgIpc) is 3.18. The van der Waals surface area contributed by atoms with Gasteiger partial charge in [-0.05, 0) is 56.2 Å². The van der Waals surface area contributed by atoms with E-state index < -0.39 is 5.76 Å². The van der Waals surface area contributed by atoms with E-state index in [1.807, 2.05) is 45.0 Å². The minimum atomic E-state index is -0.463. The van der Waals surface area contributed by atoms with E-state index in [9.17, 15) is 9.59 Å². The summed E-state index contributed by atoms with van der Waals surface area (Å²) in [6, 6.07) is 15.1. The Morgan fingerprint density at radius 2 is 1.79 bits per heavy atom. The number of anilines is 1. The molecule has 0 saturated heterocycles. The molecule has 0 unspecified atom stereocenters. The Morgan fingerprint density at radius 1 is 1.07 bits per heavy atom. The summed E-state index contributed by atoms with van der Waals surface area (Å²) in [6.07, 6.45) is 0.139. The zero-order valence-electron chi connectivity index (χ0n) is 16.6. The lowest BCUT2D eigenvalue weighted by Crippen LogP contribution is -2.20. The molecule has 4 rings (SSSR count). The normalized spacial score (nSPS) is 11.1. The van der Waals surface area contributed by atoms with Crippen molar-refractivity contribution in [3.8, 4) is 5.69 Å². The number of benzene rings is 2. The van der Waals surface area contributed by atoms with Crippen molar-refractivity contribution in [1.29, 1.82) is 0 Å². The Bertz CT molecular complexity index is 1240. The van der Waals surface area contributed by atoms with Crippen LogP contribution in [0.5, 0.6) is 0 Å². The summed E-state index contributed by atoms with van der Waals surface area (Å²) in [5.41, 5.74) is 5.13. The van der Waals surface area contributed by atoms with Crippen LogP contribution in [0.15, 0.2) is 57.7 Å². The summed E-state index contributed by atoms with van der Waals surface area (Å²) < 4.78 is 8.42. The molecule has 0 radical (unpaired) electrons. The molecular weight excluding hydrogens is 368 g/mol. The molecule has 29 heavy (non-hydrogen) atoms. The molecule has 2 aromatic carbocycles. The number of carbonyl (C=O) groups excluding carboxylic acids is 1. The number of nitrogens with one attached hydrogen (secondary N) is 1. The second kappa shape index (κ2) is 7.43.